The lowest BCUT2D eigenvalue weighted by molar-refractivity contribution is -0.150. The Kier molecular flexibility index (Phi) is 10.2. The second-order valence-electron chi connectivity index (χ2n) is 8.33. The SMILES string of the molecule is CC(=O)O[C@H]1C[C@H](n2cc(C)c(=O)[nH]c2=O)O[C@@H]1COP(OCCC#N)N(C(C)C)C(C)C. The van der Waals surface area contributed by atoms with Crippen LogP contribution in [0.2, 0.25) is 0 Å². The minimum absolute atomic E-state index is 0.0553. The van der Waals surface area contributed by atoms with Crippen molar-refractivity contribution in [1.29, 1.82) is 5.26 Å². The lowest BCUT2D eigenvalue weighted by Gasteiger charge is -2.36. The van der Waals surface area contributed by atoms with Gasteiger partial charge in [0.05, 0.1) is 25.7 Å². The lowest BCUT2D eigenvalue weighted by atomic mass is 10.2. The number of aromatic amines is 1. The normalized spacial score (nSPS) is 21.5. The first-order valence-electron chi connectivity index (χ1n) is 10.9. The van der Waals surface area contributed by atoms with Crippen molar-refractivity contribution in [3.8, 4) is 6.07 Å². The van der Waals surface area contributed by atoms with Gasteiger partial charge in [-0.1, -0.05) is 0 Å². The summed E-state index contributed by atoms with van der Waals surface area (Å²) < 4.78 is 26.8. The summed E-state index contributed by atoms with van der Waals surface area (Å²) in [6.07, 6.45) is -0.138. The van der Waals surface area contributed by atoms with E-state index in [1.54, 1.807) is 6.92 Å². The zero-order valence-corrected chi connectivity index (χ0v) is 20.8. The van der Waals surface area contributed by atoms with Crippen molar-refractivity contribution < 1.29 is 23.3 Å². The maximum Gasteiger partial charge on any atom is 0.330 e. The average molecular weight is 484 g/mol. The molecule has 12 heteroatoms. The third kappa shape index (κ3) is 7.45. The minimum Gasteiger partial charge on any atom is -0.460 e. The second kappa shape index (κ2) is 12.4. The van der Waals surface area contributed by atoms with Gasteiger partial charge in [0.1, 0.15) is 18.4 Å². The van der Waals surface area contributed by atoms with Crippen molar-refractivity contribution in [2.45, 2.75) is 84.9 Å². The van der Waals surface area contributed by atoms with Gasteiger partial charge in [-0.3, -0.25) is 19.1 Å². The fraction of sp³-hybridized carbons (Fsp3) is 0.714. The number of ether oxygens (including phenoxy) is 2. The first kappa shape index (κ1) is 27.2. The molecule has 0 spiro atoms. The molecule has 1 saturated heterocycles. The smallest absolute Gasteiger partial charge is 0.330 e. The van der Waals surface area contributed by atoms with Crippen LogP contribution in [-0.4, -0.2) is 57.7 Å². The zero-order valence-electron chi connectivity index (χ0n) is 19.9. The van der Waals surface area contributed by atoms with Gasteiger partial charge in [-0.2, -0.15) is 5.26 Å². The lowest BCUT2D eigenvalue weighted by Crippen LogP contribution is -2.36. The van der Waals surface area contributed by atoms with Crippen molar-refractivity contribution in [3.05, 3.63) is 32.6 Å². The summed E-state index contributed by atoms with van der Waals surface area (Å²) in [5.74, 6) is -0.474. The summed E-state index contributed by atoms with van der Waals surface area (Å²) in [6.45, 7) is 11.3. The summed E-state index contributed by atoms with van der Waals surface area (Å²) in [7, 11) is -1.51. The van der Waals surface area contributed by atoms with E-state index in [2.05, 4.69) is 15.7 Å². The van der Waals surface area contributed by atoms with Crippen molar-refractivity contribution >= 4 is 14.5 Å². The molecule has 1 aliphatic heterocycles. The fourth-order valence-corrected chi connectivity index (χ4v) is 5.23. The molecule has 184 valence electrons. The maximum absolute atomic E-state index is 12.3. The van der Waals surface area contributed by atoms with E-state index in [1.165, 1.54) is 17.7 Å². The number of aryl methyl sites for hydroxylation is 1. The molecule has 1 fully saturated rings. The van der Waals surface area contributed by atoms with Crippen LogP contribution in [0.25, 0.3) is 0 Å². The van der Waals surface area contributed by atoms with Gasteiger partial charge in [0.25, 0.3) is 14.1 Å². The molecule has 0 aliphatic carbocycles. The molecule has 0 saturated carbocycles. The van der Waals surface area contributed by atoms with Gasteiger partial charge in [0, 0.05) is 37.2 Å². The van der Waals surface area contributed by atoms with E-state index < -0.39 is 44.2 Å². The highest BCUT2D eigenvalue weighted by Crippen LogP contribution is 2.47. The third-order valence-electron chi connectivity index (χ3n) is 4.97. The number of H-pyrrole nitrogens is 1. The molecular formula is C21H33N4O7P. The molecule has 0 aromatic carbocycles. The number of hydrogen-bond donors (Lipinski definition) is 1. The molecule has 33 heavy (non-hydrogen) atoms. The number of nitrogens with zero attached hydrogens (tertiary/aromatic N) is 3. The van der Waals surface area contributed by atoms with Crippen molar-refractivity contribution in [2.75, 3.05) is 13.2 Å². The molecule has 4 atom stereocenters. The predicted molar refractivity (Wildman–Crippen MR) is 121 cm³/mol. The van der Waals surface area contributed by atoms with Gasteiger partial charge in [0.15, 0.2) is 0 Å². The average Bonchev–Trinajstić information content (AvgIpc) is 3.09. The molecule has 11 nitrogen and oxygen atoms in total. The zero-order chi connectivity index (χ0) is 24.7. The summed E-state index contributed by atoms with van der Waals surface area (Å²) in [5, 5.41) is 8.86. The number of esters is 1. The fourth-order valence-electron chi connectivity index (χ4n) is 3.61. The standard InChI is InChI=1S/C21H33N4O7P/c1-13(2)25(14(3)4)33(29-9-7-8-22)30-12-18-17(31-16(6)26)10-19(32-18)24-11-15(5)20(27)23-21(24)28/h11,13-14,17-19H,7,9-10,12H2,1-6H3,(H,23,27,28)/t17-,18+,19+,33?/m0/s1. The van der Waals surface area contributed by atoms with E-state index in [0.717, 1.165) is 0 Å². The van der Waals surface area contributed by atoms with Crippen LogP contribution in [0.15, 0.2) is 15.8 Å². The summed E-state index contributed by atoms with van der Waals surface area (Å²) in [4.78, 5) is 37.9. The van der Waals surface area contributed by atoms with E-state index >= 15 is 0 Å². The Balaban J connectivity index is 2.21. The van der Waals surface area contributed by atoms with Gasteiger partial charge in [-0.15, -0.1) is 0 Å². The Bertz CT molecular complexity index is 947. The number of carbonyl (C=O) groups is 1. The third-order valence-corrected chi connectivity index (χ3v) is 7.04. The maximum atomic E-state index is 12.3. The van der Waals surface area contributed by atoms with Gasteiger partial charge in [-0.25, -0.2) is 9.46 Å². The Morgan fingerprint density at radius 3 is 2.58 bits per heavy atom. The van der Waals surface area contributed by atoms with Crippen molar-refractivity contribution in [1.82, 2.24) is 14.2 Å². The highest BCUT2D eigenvalue weighted by atomic mass is 31.2. The molecule has 1 unspecified atom stereocenters. The summed E-state index contributed by atoms with van der Waals surface area (Å²) >= 11 is 0. The van der Waals surface area contributed by atoms with Crippen LogP contribution >= 0.6 is 8.53 Å². The quantitative estimate of drug-likeness (QED) is 0.285. The molecule has 2 heterocycles. The van der Waals surface area contributed by atoms with Gasteiger partial charge >= 0.3 is 11.7 Å². The molecular weight excluding hydrogens is 451 g/mol. The Hall–Kier alpha value is -2.09. The summed E-state index contributed by atoms with van der Waals surface area (Å²) in [5.41, 5.74) is -0.708. The monoisotopic (exact) mass is 484 g/mol. The largest absolute Gasteiger partial charge is 0.460 e. The second-order valence-corrected chi connectivity index (χ2v) is 9.79. The minimum atomic E-state index is -1.51. The van der Waals surface area contributed by atoms with E-state index in [9.17, 15) is 14.4 Å². The highest BCUT2D eigenvalue weighted by molar-refractivity contribution is 7.44. The number of carbonyl (C=O) groups excluding carboxylic acids is 1. The molecule has 1 aromatic heterocycles. The predicted octanol–water partition coefficient (Wildman–Crippen LogP) is 2.36. The topological polar surface area (TPSA) is 136 Å². The molecule has 1 N–H and O–H groups in total. The molecule has 0 amide bonds. The van der Waals surface area contributed by atoms with Gasteiger partial charge < -0.3 is 18.5 Å². The van der Waals surface area contributed by atoms with Crippen molar-refractivity contribution in [3.63, 3.8) is 0 Å². The van der Waals surface area contributed by atoms with Crippen LogP contribution in [0, 0.1) is 18.3 Å². The summed E-state index contributed by atoms with van der Waals surface area (Å²) in [6, 6.07) is 2.31. The molecule has 0 radical (unpaired) electrons. The van der Waals surface area contributed by atoms with Crippen LogP contribution in [0.5, 0.6) is 0 Å². The molecule has 1 aromatic rings. The first-order chi connectivity index (χ1) is 15.5. The number of nitrogens with one attached hydrogen (secondary N) is 1. The molecule has 1 aliphatic rings. The van der Waals surface area contributed by atoms with Gasteiger partial charge in [-0.05, 0) is 34.6 Å². The Morgan fingerprint density at radius 1 is 1.33 bits per heavy atom. The van der Waals surface area contributed by atoms with Crippen LogP contribution < -0.4 is 11.2 Å². The number of aromatic nitrogens is 2. The van der Waals surface area contributed by atoms with Crippen LogP contribution in [0.3, 0.4) is 0 Å². The number of hydrogen-bond acceptors (Lipinski definition) is 9. The molecule has 0 bridgehead atoms. The Morgan fingerprint density at radius 2 is 2.00 bits per heavy atom. The van der Waals surface area contributed by atoms with Crippen LogP contribution in [0.1, 0.15) is 59.3 Å². The first-order valence-corrected chi connectivity index (χ1v) is 12.0. The van der Waals surface area contributed by atoms with Crippen molar-refractivity contribution in [2.24, 2.45) is 0 Å². The van der Waals surface area contributed by atoms with E-state index in [0.29, 0.717) is 5.56 Å². The molecule has 2 rings (SSSR count). The van der Waals surface area contributed by atoms with Crippen LogP contribution in [0.4, 0.5) is 0 Å². The van der Waals surface area contributed by atoms with Gasteiger partial charge in [0.2, 0.25) is 0 Å². The Labute approximate surface area is 194 Å². The number of nitriles is 1. The number of rotatable bonds is 11. The van der Waals surface area contributed by atoms with E-state index in [1.807, 2.05) is 27.7 Å². The van der Waals surface area contributed by atoms with E-state index in [-0.39, 0.29) is 38.1 Å². The highest BCUT2D eigenvalue weighted by Gasteiger charge is 2.40. The van der Waals surface area contributed by atoms with Crippen LogP contribution in [-0.2, 0) is 23.3 Å². The van der Waals surface area contributed by atoms with E-state index in [4.69, 9.17) is 23.8 Å².